The number of unbranched alkanes of at least 4 members (excludes halogenated alkanes) is 1. The van der Waals surface area contributed by atoms with E-state index >= 15 is 0 Å². The Hall–Kier alpha value is -3.09. The molecule has 2 amide bonds. The van der Waals surface area contributed by atoms with Crippen molar-refractivity contribution < 1.29 is 4.79 Å². The van der Waals surface area contributed by atoms with E-state index in [0.29, 0.717) is 28.0 Å². The normalized spacial score (nSPS) is 11.0. The molecular formula is C25H25Cl2N5O. The lowest BCUT2D eigenvalue weighted by molar-refractivity contribution is 0.262. The van der Waals surface area contributed by atoms with Crippen LogP contribution >= 0.6 is 23.2 Å². The lowest BCUT2D eigenvalue weighted by Crippen LogP contribution is -2.20. The van der Waals surface area contributed by atoms with Gasteiger partial charge < -0.3 is 15.2 Å². The Morgan fingerprint density at radius 2 is 1.85 bits per heavy atom. The third-order valence-corrected chi connectivity index (χ3v) is 5.92. The number of urea groups is 1. The van der Waals surface area contributed by atoms with Crippen LogP contribution in [0.15, 0.2) is 54.7 Å². The van der Waals surface area contributed by atoms with Gasteiger partial charge in [0.05, 0.1) is 18.4 Å². The van der Waals surface area contributed by atoms with Crippen molar-refractivity contribution in [1.82, 2.24) is 14.5 Å². The summed E-state index contributed by atoms with van der Waals surface area (Å²) in [5.41, 5.74) is 4.80. The number of pyridine rings is 1. The predicted molar refractivity (Wildman–Crippen MR) is 136 cm³/mol. The zero-order chi connectivity index (χ0) is 23.4. The maximum absolute atomic E-state index is 12.5. The van der Waals surface area contributed by atoms with Gasteiger partial charge in [-0.05, 0) is 55.3 Å². The van der Waals surface area contributed by atoms with E-state index in [-0.39, 0.29) is 6.03 Å². The van der Waals surface area contributed by atoms with Gasteiger partial charge in [0.2, 0.25) is 0 Å². The number of fused-ring (bicyclic) bond motifs is 1. The monoisotopic (exact) mass is 481 g/mol. The van der Waals surface area contributed by atoms with Gasteiger partial charge in [0.25, 0.3) is 0 Å². The van der Waals surface area contributed by atoms with Crippen molar-refractivity contribution in [3.63, 3.8) is 0 Å². The quantitative estimate of drug-likeness (QED) is 0.296. The molecule has 0 unspecified atom stereocenters. The molecular weight excluding hydrogens is 457 g/mol. The first kappa shape index (κ1) is 23.1. The molecule has 2 aromatic carbocycles. The van der Waals surface area contributed by atoms with Crippen LogP contribution in [-0.2, 0) is 13.0 Å². The molecule has 0 atom stereocenters. The molecule has 0 saturated carbocycles. The van der Waals surface area contributed by atoms with Crippen LogP contribution in [-0.4, -0.2) is 20.6 Å². The minimum Gasteiger partial charge on any atom is -0.308 e. The SMILES string of the molecule is CCCCc1nc2c(C)c(NC(=O)Nc3ccc(Cl)cc3)cnc2n1Cc1cccc(Cl)c1. The minimum atomic E-state index is -0.355. The molecule has 4 aromatic rings. The van der Waals surface area contributed by atoms with Crippen molar-refractivity contribution >= 4 is 51.8 Å². The second kappa shape index (κ2) is 10.2. The number of anilines is 2. The summed E-state index contributed by atoms with van der Waals surface area (Å²) in [7, 11) is 0. The first-order valence-electron chi connectivity index (χ1n) is 10.9. The number of nitrogens with one attached hydrogen (secondary N) is 2. The number of hydrogen-bond donors (Lipinski definition) is 2. The van der Waals surface area contributed by atoms with Crippen molar-refractivity contribution in [2.75, 3.05) is 10.6 Å². The van der Waals surface area contributed by atoms with Crippen molar-refractivity contribution in [3.05, 3.63) is 81.7 Å². The molecule has 0 bridgehead atoms. The highest BCUT2D eigenvalue weighted by atomic mass is 35.5. The average molecular weight is 482 g/mol. The van der Waals surface area contributed by atoms with Crippen molar-refractivity contribution in [3.8, 4) is 0 Å². The van der Waals surface area contributed by atoms with Crippen LogP contribution in [0.3, 0.4) is 0 Å². The summed E-state index contributed by atoms with van der Waals surface area (Å²) in [6.45, 7) is 4.74. The Bertz CT molecular complexity index is 1280. The van der Waals surface area contributed by atoms with E-state index in [1.807, 2.05) is 31.2 Å². The molecule has 8 heteroatoms. The van der Waals surface area contributed by atoms with E-state index in [1.165, 1.54) is 0 Å². The number of hydrogen-bond acceptors (Lipinski definition) is 3. The average Bonchev–Trinajstić information content (AvgIpc) is 3.14. The molecule has 4 rings (SSSR count). The fourth-order valence-electron chi connectivity index (χ4n) is 3.68. The summed E-state index contributed by atoms with van der Waals surface area (Å²) >= 11 is 12.1. The summed E-state index contributed by atoms with van der Waals surface area (Å²) in [6.07, 6.45) is 4.64. The highest BCUT2D eigenvalue weighted by molar-refractivity contribution is 6.30. The fraction of sp³-hybridized carbons (Fsp3) is 0.240. The highest BCUT2D eigenvalue weighted by Crippen LogP contribution is 2.26. The zero-order valence-corrected chi connectivity index (χ0v) is 20.0. The molecule has 6 nitrogen and oxygen atoms in total. The number of aromatic nitrogens is 3. The predicted octanol–water partition coefficient (Wildman–Crippen LogP) is 7.08. The molecule has 0 saturated heterocycles. The molecule has 0 aliphatic rings. The third-order valence-electron chi connectivity index (χ3n) is 5.43. The first-order valence-corrected chi connectivity index (χ1v) is 11.6. The summed E-state index contributed by atoms with van der Waals surface area (Å²) in [5.74, 6) is 0.977. The smallest absolute Gasteiger partial charge is 0.308 e. The molecule has 0 radical (unpaired) electrons. The van der Waals surface area contributed by atoms with Crippen molar-refractivity contribution in [2.45, 2.75) is 39.7 Å². The molecule has 2 heterocycles. The number of aryl methyl sites for hydroxylation is 2. The van der Waals surface area contributed by atoms with Gasteiger partial charge in [-0.15, -0.1) is 0 Å². The fourth-order valence-corrected chi connectivity index (χ4v) is 4.01. The van der Waals surface area contributed by atoms with Gasteiger partial charge in [0.1, 0.15) is 11.3 Å². The van der Waals surface area contributed by atoms with E-state index in [9.17, 15) is 4.79 Å². The van der Waals surface area contributed by atoms with Crippen LogP contribution in [0.4, 0.5) is 16.2 Å². The summed E-state index contributed by atoms with van der Waals surface area (Å²) in [5, 5.41) is 7.00. The first-order chi connectivity index (χ1) is 15.9. The Kier molecular flexibility index (Phi) is 7.16. The van der Waals surface area contributed by atoms with E-state index < -0.39 is 0 Å². The van der Waals surface area contributed by atoms with E-state index in [4.69, 9.17) is 28.2 Å². The maximum Gasteiger partial charge on any atom is 0.323 e. The molecule has 0 spiro atoms. The minimum absolute atomic E-state index is 0.355. The largest absolute Gasteiger partial charge is 0.323 e. The molecule has 2 aromatic heterocycles. The van der Waals surface area contributed by atoms with Gasteiger partial charge in [-0.25, -0.2) is 14.8 Å². The number of carbonyl (C=O) groups excluding carboxylic acids is 1. The Labute approximate surface area is 203 Å². The number of carbonyl (C=O) groups is 1. The summed E-state index contributed by atoms with van der Waals surface area (Å²) < 4.78 is 2.14. The Morgan fingerprint density at radius 1 is 1.06 bits per heavy atom. The van der Waals surface area contributed by atoms with E-state index in [1.54, 1.807) is 30.5 Å². The number of imidazole rings is 1. The molecule has 0 aliphatic heterocycles. The number of nitrogens with zero attached hydrogens (tertiary/aromatic N) is 3. The Morgan fingerprint density at radius 3 is 2.58 bits per heavy atom. The number of benzene rings is 2. The van der Waals surface area contributed by atoms with E-state index in [2.05, 4.69) is 27.1 Å². The second-order valence-electron chi connectivity index (χ2n) is 7.90. The van der Waals surface area contributed by atoms with Crippen LogP contribution in [0.1, 0.15) is 36.7 Å². The van der Waals surface area contributed by atoms with Crippen LogP contribution in [0.25, 0.3) is 11.2 Å². The van der Waals surface area contributed by atoms with Crippen LogP contribution < -0.4 is 10.6 Å². The van der Waals surface area contributed by atoms with Crippen molar-refractivity contribution in [2.24, 2.45) is 0 Å². The zero-order valence-electron chi connectivity index (χ0n) is 18.5. The second-order valence-corrected chi connectivity index (χ2v) is 8.78. The van der Waals surface area contributed by atoms with Gasteiger partial charge >= 0.3 is 6.03 Å². The number of amides is 2. The van der Waals surface area contributed by atoms with Crippen LogP contribution in [0.2, 0.25) is 10.0 Å². The van der Waals surface area contributed by atoms with Gasteiger partial charge in [-0.3, -0.25) is 0 Å². The van der Waals surface area contributed by atoms with Gasteiger partial charge in [0, 0.05) is 27.7 Å². The summed E-state index contributed by atoms with van der Waals surface area (Å²) in [4.78, 5) is 22.1. The highest BCUT2D eigenvalue weighted by Gasteiger charge is 2.17. The lowest BCUT2D eigenvalue weighted by Gasteiger charge is -2.11. The van der Waals surface area contributed by atoms with Gasteiger partial charge in [-0.1, -0.05) is 48.7 Å². The molecule has 170 valence electrons. The number of rotatable bonds is 7. The van der Waals surface area contributed by atoms with Crippen LogP contribution in [0, 0.1) is 6.92 Å². The number of halogens is 2. The summed E-state index contributed by atoms with van der Waals surface area (Å²) in [6, 6.07) is 14.4. The van der Waals surface area contributed by atoms with E-state index in [0.717, 1.165) is 47.4 Å². The lowest BCUT2D eigenvalue weighted by atomic mass is 10.2. The standard InChI is InChI=1S/C25H25Cl2N5O/c1-3-4-8-22-31-23-16(2)21(30-25(33)29-20-11-9-18(26)10-12-20)14-28-24(23)32(22)15-17-6-5-7-19(27)13-17/h5-7,9-14H,3-4,8,15H2,1-2H3,(H2,29,30,33). The van der Waals surface area contributed by atoms with Gasteiger partial charge in [-0.2, -0.15) is 0 Å². The molecule has 2 N–H and O–H groups in total. The molecule has 0 aliphatic carbocycles. The maximum atomic E-state index is 12.5. The van der Waals surface area contributed by atoms with Crippen molar-refractivity contribution in [1.29, 1.82) is 0 Å². The third kappa shape index (κ3) is 5.46. The Balaban J connectivity index is 1.63. The van der Waals surface area contributed by atoms with Crippen LogP contribution in [0.5, 0.6) is 0 Å². The van der Waals surface area contributed by atoms with Gasteiger partial charge in [0.15, 0.2) is 5.65 Å². The molecule has 33 heavy (non-hydrogen) atoms. The topological polar surface area (TPSA) is 71.8 Å². The molecule has 0 fully saturated rings.